The zero-order valence-electron chi connectivity index (χ0n) is 8.44. The lowest BCUT2D eigenvalue weighted by Crippen LogP contribution is -2.20. The van der Waals surface area contributed by atoms with Gasteiger partial charge >= 0.3 is 6.18 Å². The Balaban J connectivity index is 2.54. The molecule has 0 saturated heterocycles. The van der Waals surface area contributed by atoms with Crippen LogP contribution in [-0.4, -0.2) is 0 Å². The summed E-state index contributed by atoms with van der Waals surface area (Å²) < 4.78 is 50.6. The Morgan fingerprint density at radius 3 is 2.56 bits per heavy atom. The molecule has 1 nitrogen and oxygen atoms in total. The van der Waals surface area contributed by atoms with Gasteiger partial charge in [-0.1, -0.05) is 0 Å². The first-order valence-corrected chi connectivity index (χ1v) is 5.04. The van der Waals surface area contributed by atoms with Gasteiger partial charge in [-0.3, -0.25) is 0 Å². The van der Waals surface area contributed by atoms with Gasteiger partial charge in [-0.15, -0.1) is 0 Å². The molecule has 0 unspecified atom stereocenters. The van der Waals surface area contributed by atoms with Crippen LogP contribution in [0.4, 0.5) is 17.6 Å². The third-order valence-corrected chi connectivity index (χ3v) is 2.90. The molecule has 1 aliphatic carbocycles. The summed E-state index contributed by atoms with van der Waals surface area (Å²) in [5.41, 5.74) is 5.53. The third kappa shape index (κ3) is 1.91. The smallest absolute Gasteiger partial charge is 0.324 e. The van der Waals surface area contributed by atoms with Crippen LogP contribution in [0.1, 0.15) is 35.6 Å². The number of nitrogens with two attached hydrogens (primary N) is 1. The molecule has 1 atom stereocenters. The highest BCUT2D eigenvalue weighted by molar-refractivity contribution is 5.38. The Hall–Kier alpha value is -1.10. The molecule has 2 rings (SSSR count). The fourth-order valence-electron chi connectivity index (χ4n) is 2.08. The summed E-state index contributed by atoms with van der Waals surface area (Å²) in [6, 6.07) is 1.41. The molecule has 5 heteroatoms. The zero-order chi connectivity index (χ0) is 11.9. The summed E-state index contributed by atoms with van der Waals surface area (Å²) in [6.45, 7) is 0. The summed E-state index contributed by atoms with van der Waals surface area (Å²) in [5.74, 6) is -1.21. The van der Waals surface area contributed by atoms with Crippen molar-refractivity contribution in [3.05, 3.63) is 34.6 Å². The number of halogens is 4. The van der Waals surface area contributed by atoms with Gasteiger partial charge in [0.25, 0.3) is 0 Å². The van der Waals surface area contributed by atoms with E-state index in [-0.39, 0.29) is 0 Å². The van der Waals surface area contributed by atoms with Gasteiger partial charge in [-0.05, 0) is 42.5 Å². The van der Waals surface area contributed by atoms with Crippen molar-refractivity contribution in [2.24, 2.45) is 5.73 Å². The monoisotopic (exact) mass is 233 g/mol. The second-order valence-electron chi connectivity index (χ2n) is 4.03. The maximum Gasteiger partial charge on any atom is 0.419 e. The van der Waals surface area contributed by atoms with Gasteiger partial charge in [0, 0.05) is 6.04 Å². The van der Waals surface area contributed by atoms with Crippen LogP contribution in [0.25, 0.3) is 0 Å². The van der Waals surface area contributed by atoms with Crippen LogP contribution in [0, 0.1) is 5.82 Å². The number of aryl methyl sites for hydroxylation is 1. The van der Waals surface area contributed by atoms with Crippen LogP contribution in [0.15, 0.2) is 12.1 Å². The van der Waals surface area contributed by atoms with Crippen molar-refractivity contribution in [2.75, 3.05) is 0 Å². The van der Waals surface area contributed by atoms with E-state index in [1.54, 1.807) is 0 Å². The summed E-state index contributed by atoms with van der Waals surface area (Å²) >= 11 is 0. The Labute approximate surface area is 90.3 Å². The van der Waals surface area contributed by atoms with Crippen molar-refractivity contribution < 1.29 is 17.6 Å². The minimum Gasteiger partial charge on any atom is -0.324 e. The van der Waals surface area contributed by atoms with Crippen molar-refractivity contribution >= 4 is 0 Å². The number of hydrogen-bond acceptors (Lipinski definition) is 1. The molecule has 0 saturated carbocycles. The SMILES string of the molecule is N[C@@H]1CCCc2cc(F)c(C(F)(F)F)cc21. The molecular weight excluding hydrogens is 222 g/mol. The molecule has 0 fully saturated rings. The molecular formula is C11H11F4N. The molecule has 1 aromatic carbocycles. The Kier molecular flexibility index (Phi) is 2.66. The Morgan fingerprint density at radius 2 is 1.94 bits per heavy atom. The first-order valence-electron chi connectivity index (χ1n) is 5.04. The van der Waals surface area contributed by atoms with Crippen molar-refractivity contribution in [3.8, 4) is 0 Å². The summed E-state index contributed by atoms with van der Waals surface area (Å²) in [6.07, 6.45) is -2.62. The van der Waals surface area contributed by atoms with Crippen molar-refractivity contribution in [3.63, 3.8) is 0 Å². The summed E-state index contributed by atoms with van der Waals surface area (Å²) in [7, 11) is 0. The lowest BCUT2D eigenvalue weighted by molar-refractivity contribution is -0.140. The summed E-state index contributed by atoms with van der Waals surface area (Å²) in [5, 5.41) is 0. The topological polar surface area (TPSA) is 26.0 Å². The van der Waals surface area contributed by atoms with Crippen LogP contribution in [0.5, 0.6) is 0 Å². The van der Waals surface area contributed by atoms with E-state index in [9.17, 15) is 17.6 Å². The van der Waals surface area contributed by atoms with E-state index in [2.05, 4.69) is 0 Å². The largest absolute Gasteiger partial charge is 0.419 e. The van der Waals surface area contributed by atoms with Crippen LogP contribution in [0.2, 0.25) is 0 Å². The molecule has 1 aliphatic rings. The van der Waals surface area contributed by atoms with E-state index in [0.717, 1.165) is 18.6 Å². The average Bonchev–Trinajstić information content (AvgIpc) is 2.15. The van der Waals surface area contributed by atoms with E-state index in [4.69, 9.17) is 5.73 Å². The Morgan fingerprint density at radius 1 is 1.25 bits per heavy atom. The lowest BCUT2D eigenvalue weighted by atomic mass is 9.87. The molecule has 0 heterocycles. The van der Waals surface area contributed by atoms with Crippen molar-refractivity contribution in [1.29, 1.82) is 0 Å². The maximum absolute atomic E-state index is 13.2. The van der Waals surface area contributed by atoms with Crippen molar-refractivity contribution in [2.45, 2.75) is 31.5 Å². The minimum atomic E-state index is -4.66. The summed E-state index contributed by atoms with van der Waals surface area (Å²) in [4.78, 5) is 0. The number of hydrogen-bond donors (Lipinski definition) is 1. The van der Waals surface area contributed by atoms with Gasteiger partial charge in [-0.2, -0.15) is 13.2 Å². The first kappa shape index (κ1) is 11.4. The molecule has 0 radical (unpaired) electrons. The fourth-order valence-corrected chi connectivity index (χ4v) is 2.08. The number of alkyl halides is 3. The molecule has 88 valence electrons. The maximum atomic E-state index is 13.2. The lowest BCUT2D eigenvalue weighted by Gasteiger charge is -2.23. The average molecular weight is 233 g/mol. The molecule has 0 bridgehead atoms. The van der Waals surface area contributed by atoms with Crippen LogP contribution in [-0.2, 0) is 12.6 Å². The predicted molar refractivity (Wildman–Crippen MR) is 51.3 cm³/mol. The van der Waals surface area contributed by atoms with E-state index in [1.807, 2.05) is 0 Å². The molecule has 16 heavy (non-hydrogen) atoms. The van der Waals surface area contributed by atoms with Crippen LogP contribution < -0.4 is 5.73 Å². The molecule has 2 N–H and O–H groups in total. The zero-order valence-corrected chi connectivity index (χ0v) is 8.44. The van der Waals surface area contributed by atoms with Gasteiger partial charge in [0.05, 0.1) is 5.56 Å². The fraction of sp³-hybridized carbons (Fsp3) is 0.455. The van der Waals surface area contributed by atoms with Crippen LogP contribution in [0.3, 0.4) is 0 Å². The molecule has 0 aliphatic heterocycles. The highest BCUT2D eigenvalue weighted by atomic mass is 19.4. The highest BCUT2D eigenvalue weighted by Gasteiger charge is 2.35. The van der Waals surface area contributed by atoms with Gasteiger partial charge < -0.3 is 5.73 Å². The third-order valence-electron chi connectivity index (χ3n) is 2.90. The molecule has 0 amide bonds. The standard InChI is InChI=1S/C11H11F4N/c12-9-4-6-2-1-3-10(16)7(6)5-8(9)11(13,14)15/h4-5,10H,1-3,16H2/t10-/m1/s1. The van der Waals surface area contributed by atoms with Gasteiger partial charge in [0.2, 0.25) is 0 Å². The van der Waals surface area contributed by atoms with Crippen molar-refractivity contribution in [1.82, 2.24) is 0 Å². The number of fused-ring (bicyclic) bond motifs is 1. The highest BCUT2D eigenvalue weighted by Crippen LogP contribution is 2.36. The van der Waals surface area contributed by atoms with Gasteiger partial charge in [-0.25, -0.2) is 4.39 Å². The molecule has 0 aromatic heterocycles. The van der Waals surface area contributed by atoms with E-state index >= 15 is 0 Å². The molecule has 0 spiro atoms. The van der Waals surface area contributed by atoms with Gasteiger partial charge in [0.1, 0.15) is 5.82 Å². The number of benzene rings is 1. The predicted octanol–water partition coefficient (Wildman–Crippen LogP) is 3.18. The van der Waals surface area contributed by atoms with E-state index < -0.39 is 23.6 Å². The van der Waals surface area contributed by atoms with Crippen LogP contribution >= 0.6 is 0 Å². The second-order valence-corrected chi connectivity index (χ2v) is 4.03. The van der Waals surface area contributed by atoms with Gasteiger partial charge in [0.15, 0.2) is 0 Å². The Bertz CT molecular complexity index is 411. The number of rotatable bonds is 0. The minimum absolute atomic E-state index is 0.412. The van der Waals surface area contributed by atoms with E-state index in [1.165, 1.54) is 0 Å². The second kappa shape index (κ2) is 3.73. The quantitative estimate of drug-likeness (QED) is 0.684. The molecule has 1 aromatic rings. The van der Waals surface area contributed by atoms with E-state index in [0.29, 0.717) is 24.0 Å². The normalized spacial score (nSPS) is 20.7. The first-order chi connectivity index (χ1) is 7.39.